The summed E-state index contributed by atoms with van der Waals surface area (Å²) in [6, 6.07) is -0.864. The average molecular weight is 1290 g/mol. The summed E-state index contributed by atoms with van der Waals surface area (Å²) in [7, 11) is 1.58. The molecule has 3 N–H and O–H groups in total. The van der Waals surface area contributed by atoms with Crippen molar-refractivity contribution in [2.75, 3.05) is 40.9 Å². The van der Waals surface area contributed by atoms with E-state index in [0.29, 0.717) is 17.4 Å². The summed E-state index contributed by atoms with van der Waals surface area (Å²) in [5.74, 6) is -0.177. The molecule has 0 aliphatic rings. The number of amides is 1. The van der Waals surface area contributed by atoms with Gasteiger partial charge in [0.15, 0.2) is 0 Å². The zero-order valence-electron chi connectivity index (χ0n) is 61.4. The molecule has 0 saturated carbocycles. The number of allylic oxidation sites excluding steroid dienone is 5. The van der Waals surface area contributed by atoms with Crippen LogP contribution >= 0.6 is 7.82 Å². The summed E-state index contributed by atoms with van der Waals surface area (Å²) in [5, 5.41) is 14.0. The van der Waals surface area contributed by atoms with Crippen molar-refractivity contribution in [1.29, 1.82) is 0 Å². The fraction of sp³-hybridized carbons (Fsp3) is 0.914. The predicted molar refractivity (Wildman–Crippen MR) is 397 cm³/mol. The standard InChI is InChI=1S/C81H159N2O6P/c1-6-8-10-12-14-16-18-20-22-24-26-28-30-32-34-36-38-39-40-41-42-43-45-47-49-51-53-55-57-59-61-63-65-67-69-71-73-75-81(85)82-79(78-89-90(86,87)88-77-76-83(3,4)5)80(84)74-72-70-68-66-64-62-60-58-56-54-52-50-48-46-44-37-35-33-31-29-27-25-23-21-19-17-15-13-11-9-7-2/h24,26,64,66,72,74,79-80,84H,6-23,25,27-63,65,67-71,73,75-78H2,1-5H3,(H-,82,85,86,87)/p+1/b26-24-,66-64+,74-72+. The number of hydrogen-bond donors (Lipinski definition) is 3. The molecule has 0 saturated heterocycles. The fourth-order valence-electron chi connectivity index (χ4n) is 12.6. The van der Waals surface area contributed by atoms with E-state index in [1.165, 1.54) is 366 Å². The van der Waals surface area contributed by atoms with Gasteiger partial charge in [-0.25, -0.2) is 4.57 Å². The van der Waals surface area contributed by atoms with Gasteiger partial charge in [-0.3, -0.25) is 13.8 Å². The number of phosphoric acid groups is 1. The molecule has 90 heavy (non-hydrogen) atoms. The van der Waals surface area contributed by atoms with Crippen molar-refractivity contribution in [3.05, 3.63) is 36.5 Å². The van der Waals surface area contributed by atoms with Gasteiger partial charge in [-0.05, 0) is 57.8 Å². The molecule has 8 nitrogen and oxygen atoms in total. The van der Waals surface area contributed by atoms with E-state index in [2.05, 4.69) is 43.5 Å². The molecule has 0 fully saturated rings. The van der Waals surface area contributed by atoms with Crippen molar-refractivity contribution in [3.63, 3.8) is 0 Å². The molecule has 3 atom stereocenters. The van der Waals surface area contributed by atoms with Crippen LogP contribution in [0.15, 0.2) is 36.5 Å². The zero-order valence-corrected chi connectivity index (χ0v) is 62.3. The first-order valence-electron chi connectivity index (χ1n) is 40.4. The Morgan fingerprint density at radius 1 is 0.367 bits per heavy atom. The Morgan fingerprint density at radius 3 is 0.889 bits per heavy atom. The van der Waals surface area contributed by atoms with Crippen LogP contribution in [0.2, 0.25) is 0 Å². The minimum absolute atomic E-state index is 0.0585. The molecule has 0 aliphatic carbocycles. The van der Waals surface area contributed by atoms with E-state index >= 15 is 0 Å². The van der Waals surface area contributed by atoms with Gasteiger partial charge in [0.2, 0.25) is 5.91 Å². The van der Waals surface area contributed by atoms with Gasteiger partial charge in [0.25, 0.3) is 0 Å². The molecular weight excluding hydrogens is 1130 g/mol. The number of carbonyl (C=O) groups is 1. The smallest absolute Gasteiger partial charge is 0.387 e. The van der Waals surface area contributed by atoms with Crippen LogP contribution in [-0.2, 0) is 18.4 Å². The Balaban J connectivity index is 3.96. The molecule has 0 aromatic rings. The minimum atomic E-state index is -4.36. The third kappa shape index (κ3) is 74.1. The van der Waals surface area contributed by atoms with Crippen LogP contribution in [0.3, 0.4) is 0 Å². The van der Waals surface area contributed by atoms with Crippen molar-refractivity contribution in [2.45, 2.75) is 437 Å². The van der Waals surface area contributed by atoms with Gasteiger partial charge < -0.3 is 19.8 Å². The highest BCUT2D eigenvalue weighted by Crippen LogP contribution is 2.43. The van der Waals surface area contributed by atoms with E-state index < -0.39 is 20.0 Å². The quantitative estimate of drug-likeness (QED) is 0.0243. The maximum absolute atomic E-state index is 13.1. The highest BCUT2D eigenvalue weighted by Gasteiger charge is 2.28. The maximum Gasteiger partial charge on any atom is 0.472 e. The highest BCUT2D eigenvalue weighted by atomic mass is 31.2. The molecule has 0 heterocycles. The molecule has 0 radical (unpaired) electrons. The number of nitrogens with one attached hydrogen (secondary N) is 1. The second-order valence-electron chi connectivity index (χ2n) is 29.1. The highest BCUT2D eigenvalue weighted by molar-refractivity contribution is 7.47. The number of rotatable bonds is 76. The van der Waals surface area contributed by atoms with Crippen molar-refractivity contribution in [2.24, 2.45) is 0 Å². The van der Waals surface area contributed by atoms with Crippen LogP contribution in [0.1, 0.15) is 425 Å². The van der Waals surface area contributed by atoms with E-state index in [4.69, 9.17) is 9.05 Å². The monoisotopic (exact) mass is 1290 g/mol. The van der Waals surface area contributed by atoms with Crippen LogP contribution in [0.5, 0.6) is 0 Å². The molecule has 0 aromatic carbocycles. The second-order valence-corrected chi connectivity index (χ2v) is 30.6. The molecule has 3 unspecified atom stereocenters. The summed E-state index contributed by atoms with van der Waals surface area (Å²) < 4.78 is 23.9. The van der Waals surface area contributed by atoms with Gasteiger partial charge >= 0.3 is 7.82 Å². The van der Waals surface area contributed by atoms with E-state index in [9.17, 15) is 19.4 Å². The average Bonchev–Trinajstić information content (AvgIpc) is 3.18. The third-order valence-corrected chi connectivity index (χ3v) is 19.8. The van der Waals surface area contributed by atoms with E-state index in [1.807, 2.05) is 27.2 Å². The first-order valence-corrected chi connectivity index (χ1v) is 41.9. The number of unbranched alkanes of at least 4 members (excludes halogenated alkanes) is 59. The van der Waals surface area contributed by atoms with Gasteiger partial charge in [-0.1, -0.05) is 397 Å². The first-order chi connectivity index (χ1) is 44.0. The number of aliphatic hydroxyl groups excluding tert-OH is 1. The van der Waals surface area contributed by atoms with Crippen LogP contribution in [0, 0.1) is 0 Å². The van der Waals surface area contributed by atoms with Crippen molar-refractivity contribution >= 4 is 13.7 Å². The van der Waals surface area contributed by atoms with Crippen molar-refractivity contribution in [1.82, 2.24) is 5.32 Å². The first kappa shape index (κ1) is 88.7. The van der Waals surface area contributed by atoms with Crippen LogP contribution in [-0.4, -0.2) is 73.4 Å². The topological polar surface area (TPSA) is 105 Å². The molecule has 9 heteroatoms. The molecule has 0 rings (SSSR count). The van der Waals surface area contributed by atoms with Crippen LogP contribution < -0.4 is 5.32 Å². The largest absolute Gasteiger partial charge is 0.472 e. The molecule has 0 aromatic heterocycles. The number of carbonyl (C=O) groups excluding carboxylic acids is 1. The number of aliphatic hydroxyl groups is 1. The van der Waals surface area contributed by atoms with Gasteiger partial charge in [-0.15, -0.1) is 0 Å². The summed E-state index contributed by atoms with van der Waals surface area (Å²) >= 11 is 0. The van der Waals surface area contributed by atoms with Gasteiger partial charge in [0.1, 0.15) is 13.2 Å². The lowest BCUT2D eigenvalue weighted by Gasteiger charge is -2.25. The van der Waals surface area contributed by atoms with Gasteiger partial charge in [-0.2, -0.15) is 0 Å². The Bertz CT molecular complexity index is 1560. The molecule has 0 aliphatic heterocycles. The Morgan fingerprint density at radius 2 is 0.611 bits per heavy atom. The Kier molecular flexibility index (Phi) is 71.0. The third-order valence-electron chi connectivity index (χ3n) is 18.8. The van der Waals surface area contributed by atoms with Gasteiger partial charge in [0.05, 0.1) is 39.9 Å². The second kappa shape index (κ2) is 72.0. The SMILES string of the molecule is CCCCCCCCCC/C=C\CCCCCCCCCCCCCCCCCCCCCCCCCCCC(=O)NC(COP(=O)(O)OCC[N+](C)(C)C)C(O)/C=C/CC/C=C/CCCCCCCCCCCCCCCCCCCCCCCCCCC. The van der Waals surface area contributed by atoms with Crippen molar-refractivity contribution < 1.29 is 32.9 Å². The lowest BCUT2D eigenvalue weighted by Crippen LogP contribution is -2.45. The lowest BCUT2D eigenvalue weighted by atomic mass is 10.0. The number of hydrogen-bond acceptors (Lipinski definition) is 5. The fourth-order valence-corrected chi connectivity index (χ4v) is 13.3. The molecule has 1 amide bonds. The van der Waals surface area contributed by atoms with Crippen LogP contribution in [0.25, 0.3) is 0 Å². The Hall–Kier alpha value is -1.28. The Labute approximate surface area is 563 Å². The molecule has 0 spiro atoms. The summed E-state index contributed by atoms with van der Waals surface area (Å²) in [6.07, 6.45) is 97.9. The molecular formula is C81H160N2O6P+. The lowest BCUT2D eigenvalue weighted by molar-refractivity contribution is -0.870. The molecule has 534 valence electrons. The zero-order chi connectivity index (χ0) is 65.5. The number of quaternary nitrogens is 1. The van der Waals surface area contributed by atoms with E-state index in [1.54, 1.807) is 6.08 Å². The van der Waals surface area contributed by atoms with Crippen molar-refractivity contribution in [3.8, 4) is 0 Å². The molecule has 0 bridgehead atoms. The summed E-state index contributed by atoms with van der Waals surface area (Å²) in [5.41, 5.74) is 0. The maximum atomic E-state index is 13.1. The number of nitrogens with zero attached hydrogens (tertiary/aromatic N) is 1. The van der Waals surface area contributed by atoms with E-state index in [0.717, 1.165) is 38.5 Å². The van der Waals surface area contributed by atoms with Gasteiger partial charge in [0, 0.05) is 6.42 Å². The van der Waals surface area contributed by atoms with Crippen LogP contribution in [0.4, 0.5) is 0 Å². The normalized spacial score (nSPS) is 13.6. The predicted octanol–water partition coefficient (Wildman–Crippen LogP) is 26.3. The number of likely N-dealkylation sites (N-methyl/N-ethyl adjacent to an activating group) is 1. The number of phosphoric ester groups is 1. The van der Waals surface area contributed by atoms with E-state index in [-0.39, 0.29) is 19.1 Å². The minimum Gasteiger partial charge on any atom is -0.387 e. The summed E-state index contributed by atoms with van der Waals surface area (Å²) in [4.78, 5) is 23.5. The summed E-state index contributed by atoms with van der Waals surface area (Å²) in [6.45, 7) is 4.86.